The first kappa shape index (κ1) is 16.5. The van der Waals surface area contributed by atoms with Gasteiger partial charge in [-0.05, 0) is 24.6 Å². The van der Waals surface area contributed by atoms with Gasteiger partial charge in [-0.3, -0.25) is 0 Å². The number of nitrogens with zero attached hydrogens (tertiary/aromatic N) is 1. The van der Waals surface area contributed by atoms with E-state index in [1.54, 1.807) is 13.0 Å². The van der Waals surface area contributed by atoms with E-state index in [9.17, 15) is 9.59 Å². The van der Waals surface area contributed by atoms with E-state index in [2.05, 4.69) is 14.8 Å². The van der Waals surface area contributed by atoms with Crippen LogP contribution < -0.4 is 5.32 Å². The quantitative estimate of drug-likeness (QED) is 0.677. The number of esters is 2. The molecule has 7 heteroatoms. The van der Waals surface area contributed by atoms with Crippen LogP contribution in [0.1, 0.15) is 11.1 Å². The molecule has 0 heterocycles. The fourth-order valence-corrected chi connectivity index (χ4v) is 1.62. The van der Waals surface area contributed by atoms with E-state index in [1.807, 2.05) is 6.07 Å². The Balaban J connectivity index is 3.24. The lowest BCUT2D eigenvalue weighted by Crippen LogP contribution is -2.16. The smallest absolute Gasteiger partial charge is 0.354 e. The van der Waals surface area contributed by atoms with Crippen LogP contribution >= 0.6 is 11.6 Å². The highest BCUT2D eigenvalue weighted by molar-refractivity contribution is 6.31. The molecule has 0 aliphatic carbocycles. The third-order valence-corrected chi connectivity index (χ3v) is 2.96. The number of nitriles is 1. The molecular formula is C14H13ClN2O4. The van der Waals surface area contributed by atoms with E-state index >= 15 is 0 Å². The Morgan fingerprint density at radius 3 is 2.52 bits per heavy atom. The molecule has 0 aliphatic rings. The maximum Gasteiger partial charge on any atom is 0.354 e. The molecule has 1 rings (SSSR count). The number of benzene rings is 1. The SMILES string of the molecule is COC(=O)/C=C(/Nc1cc(Cl)c(C)cc1C#N)C(=O)OC. The highest BCUT2D eigenvalue weighted by atomic mass is 35.5. The number of carbonyl (C=O) groups is 2. The number of carbonyl (C=O) groups excluding carboxylic acids is 2. The normalized spacial score (nSPS) is 10.5. The van der Waals surface area contributed by atoms with Crippen molar-refractivity contribution in [2.75, 3.05) is 19.5 Å². The monoisotopic (exact) mass is 308 g/mol. The lowest BCUT2D eigenvalue weighted by Gasteiger charge is -2.12. The largest absolute Gasteiger partial charge is 0.466 e. The Bertz CT molecular complexity index is 647. The first-order valence-corrected chi connectivity index (χ1v) is 6.16. The molecule has 0 atom stereocenters. The number of anilines is 1. The van der Waals surface area contributed by atoms with Crippen molar-refractivity contribution >= 4 is 29.2 Å². The molecule has 21 heavy (non-hydrogen) atoms. The Labute approximate surface area is 126 Å². The first-order chi connectivity index (χ1) is 9.92. The van der Waals surface area contributed by atoms with Gasteiger partial charge in [-0.25, -0.2) is 9.59 Å². The predicted molar refractivity (Wildman–Crippen MR) is 76.6 cm³/mol. The number of hydrogen-bond donors (Lipinski definition) is 1. The molecule has 6 nitrogen and oxygen atoms in total. The van der Waals surface area contributed by atoms with Crippen molar-refractivity contribution in [2.45, 2.75) is 6.92 Å². The van der Waals surface area contributed by atoms with Gasteiger partial charge in [0, 0.05) is 5.02 Å². The molecule has 0 saturated heterocycles. The van der Waals surface area contributed by atoms with Gasteiger partial charge in [0.15, 0.2) is 0 Å². The average Bonchev–Trinajstić information content (AvgIpc) is 2.48. The van der Waals surface area contributed by atoms with E-state index in [0.717, 1.165) is 11.6 Å². The second-order valence-corrected chi connectivity index (χ2v) is 4.36. The molecule has 0 saturated carbocycles. The van der Waals surface area contributed by atoms with E-state index in [4.69, 9.17) is 16.9 Å². The molecule has 0 aromatic heterocycles. The summed E-state index contributed by atoms with van der Waals surface area (Å²) in [6, 6.07) is 5.03. The number of halogens is 1. The van der Waals surface area contributed by atoms with Gasteiger partial charge < -0.3 is 14.8 Å². The fourth-order valence-electron chi connectivity index (χ4n) is 1.46. The molecule has 0 fully saturated rings. The minimum atomic E-state index is -0.777. The van der Waals surface area contributed by atoms with Gasteiger partial charge in [0.25, 0.3) is 0 Å². The number of aryl methyl sites for hydroxylation is 1. The van der Waals surface area contributed by atoms with Gasteiger partial charge in [-0.15, -0.1) is 0 Å². The van der Waals surface area contributed by atoms with Crippen LogP contribution in [0.2, 0.25) is 5.02 Å². The van der Waals surface area contributed by atoms with Crippen LogP contribution in [0.3, 0.4) is 0 Å². The van der Waals surface area contributed by atoms with E-state index in [0.29, 0.717) is 5.02 Å². The zero-order valence-corrected chi connectivity index (χ0v) is 12.4. The molecule has 0 bridgehead atoms. The van der Waals surface area contributed by atoms with Crippen molar-refractivity contribution in [1.82, 2.24) is 0 Å². The number of nitrogens with one attached hydrogen (secondary N) is 1. The van der Waals surface area contributed by atoms with Crippen molar-refractivity contribution in [2.24, 2.45) is 0 Å². The summed E-state index contributed by atoms with van der Waals surface area (Å²) >= 11 is 6.00. The molecule has 0 radical (unpaired) electrons. The van der Waals surface area contributed by atoms with Crippen molar-refractivity contribution in [3.63, 3.8) is 0 Å². The number of hydrogen-bond acceptors (Lipinski definition) is 6. The van der Waals surface area contributed by atoms with Crippen LogP contribution in [0.4, 0.5) is 5.69 Å². The van der Waals surface area contributed by atoms with Crippen molar-refractivity contribution in [3.8, 4) is 6.07 Å². The Morgan fingerprint density at radius 2 is 2.00 bits per heavy atom. The molecule has 1 aromatic rings. The highest BCUT2D eigenvalue weighted by Gasteiger charge is 2.15. The van der Waals surface area contributed by atoms with E-state index in [1.165, 1.54) is 20.3 Å². The van der Waals surface area contributed by atoms with Crippen LogP contribution in [-0.2, 0) is 19.1 Å². The summed E-state index contributed by atoms with van der Waals surface area (Å²) < 4.78 is 9.02. The minimum absolute atomic E-state index is 0.166. The molecule has 0 unspecified atom stereocenters. The Morgan fingerprint density at radius 1 is 1.33 bits per heavy atom. The maximum atomic E-state index is 11.6. The standard InChI is InChI=1S/C14H13ClN2O4/c1-8-4-9(7-16)11(5-10(8)15)17-12(14(19)21-3)6-13(18)20-2/h4-6,17H,1-3H3/b12-6+. The fraction of sp³-hybridized carbons (Fsp3) is 0.214. The molecule has 110 valence electrons. The predicted octanol–water partition coefficient (Wildman–Crippen LogP) is 2.16. The zero-order valence-electron chi connectivity index (χ0n) is 11.7. The van der Waals surface area contributed by atoms with Crippen molar-refractivity contribution < 1.29 is 19.1 Å². The Kier molecular flexibility index (Phi) is 5.76. The Hall–Kier alpha value is -2.52. The topological polar surface area (TPSA) is 88.4 Å². The average molecular weight is 309 g/mol. The summed E-state index contributed by atoms with van der Waals surface area (Å²) in [5, 5.41) is 12.2. The molecule has 1 N–H and O–H groups in total. The number of ether oxygens (including phenoxy) is 2. The van der Waals surface area contributed by atoms with Crippen LogP contribution in [0, 0.1) is 18.3 Å². The van der Waals surface area contributed by atoms with E-state index in [-0.39, 0.29) is 16.9 Å². The second kappa shape index (κ2) is 7.31. The van der Waals surface area contributed by atoms with Crippen LogP contribution in [0.25, 0.3) is 0 Å². The third kappa shape index (κ3) is 4.23. The van der Waals surface area contributed by atoms with Crippen molar-refractivity contribution in [3.05, 3.63) is 40.1 Å². The molecular weight excluding hydrogens is 296 g/mol. The number of methoxy groups -OCH3 is 2. The van der Waals surface area contributed by atoms with Crippen LogP contribution in [0.15, 0.2) is 23.9 Å². The molecule has 1 aromatic carbocycles. The summed E-state index contributed by atoms with van der Waals surface area (Å²) in [4.78, 5) is 22.9. The molecule has 0 aliphatic heterocycles. The van der Waals surface area contributed by atoms with Gasteiger partial charge in [0.05, 0.1) is 31.5 Å². The lowest BCUT2D eigenvalue weighted by molar-refractivity contribution is -0.138. The zero-order chi connectivity index (χ0) is 16.0. The summed E-state index contributed by atoms with van der Waals surface area (Å²) in [5.41, 5.74) is 1.11. The summed E-state index contributed by atoms with van der Waals surface area (Å²) in [6.07, 6.45) is 0.931. The first-order valence-electron chi connectivity index (χ1n) is 5.78. The maximum absolute atomic E-state index is 11.6. The van der Waals surface area contributed by atoms with Gasteiger partial charge in [-0.2, -0.15) is 5.26 Å². The van der Waals surface area contributed by atoms with Gasteiger partial charge in [0.2, 0.25) is 0 Å². The number of rotatable bonds is 4. The van der Waals surface area contributed by atoms with E-state index < -0.39 is 11.9 Å². The van der Waals surface area contributed by atoms with Crippen molar-refractivity contribution in [1.29, 1.82) is 5.26 Å². The third-order valence-electron chi connectivity index (χ3n) is 2.56. The lowest BCUT2D eigenvalue weighted by atomic mass is 10.1. The summed E-state index contributed by atoms with van der Waals surface area (Å²) in [7, 11) is 2.35. The summed E-state index contributed by atoms with van der Waals surface area (Å²) in [6.45, 7) is 1.75. The van der Waals surface area contributed by atoms with Gasteiger partial charge >= 0.3 is 11.9 Å². The van der Waals surface area contributed by atoms with Gasteiger partial charge in [-0.1, -0.05) is 11.6 Å². The highest BCUT2D eigenvalue weighted by Crippen LogP contribution is 2.25. The van der Waals surface area contributed by atoms with Crippen LogP contribution in [0.5, 0.6) is 0 Å². The molecule has 0 spiro atoms. The minimum Gasteiger partial charge on any atom is -0.466 e. The molecule has 0 amide bonds. The second-order valence-electron chi connectivity index (χ2n) is 3.96. The summed E-state index contributed by atoms with van der Waals surface area (Å²) in [5.74, 6) is -1.51. The van der Waals surface area contributed by atoms with Crippen LogP contribution in [-0.4, -0.2) is 26.2 Å². The van der Waals surface area contributed by atoms with Gasteiger partial charge in [0.1, 0.15) is 11.8 Å².